The molecule has 0 bridgehead atoms. The van der Waals surface area contributed by atoms with Crippen LogP contribution in [0, 0.1) is 0 Å². The Morgan fingerprint density at radius 1 is 1.58 bits per heavy atom. The van der Waals surface area contributed by atoms with E-state index in [1.165, 1.54) is 10.8 Å². The van der Waals surface area contributed by atoms with Gasteiger partial charge < -0.3 is 5.43 Å². The second-order valence-electron chi connectivity index (χ2n) is 2.08. The van der Waals surface area contributed by atoms with E-state index in [1.807, 2.05) is 0 Å². The molecule has 0 aromatic carbocycles. The fraction of sp³-hybridized carbons (Fsp3) is 0. The number of nitrogens with zero attached hydrogens (tertiary/aromatic N) is 4. The van der Waals surface area contributed by atoms with Crippen LogP contribution in [0.2, 0.25) is 5.15 Å². The van der Waals surface area contributed by atoms with Crippen LogP contribution in [0.5, 0.6) is 0 Å². The van der Waals surface area contributed by atoms with Crippen molar-refractivity contribution in [1.29, 1.82) is 0 Å². The molecule has 62 valence electrons. The quantitative estimate of drug-likeness (QED) is 0.372. The molecule has 2 aromatic heterocycles. The molecule has 0 amide bonds. The summed E-state index contributed by atoms with van der Waals surface area (Å²) in [6.45, 7) is 0. The monoisotopic (exact) mass is 184 g/mol. The molecule has 0 unspecified atom stereocenters. The first kappa shape index (κ1) is 7.26. The normalized spacial score (nSPS) is 10.5. The number of nitrogen functional groups attached to an aromatic ring is 1. The minimum Gasteiger partial charge on any atom is -0.308 e. The molecule has 0 fully saturated rings. The molecule has 7 heteroatoms. The predicted octanol–water partition coefficient (Wildman–Crippen LogP) is 0.0633. The molecule has 2 heterocycles. The highest BCUT2D eigenvalue weighted by Crippen LogP contribution is 2.12. The molecule has 0 aliphatic rings. The molecular formula is C5H5ClN6. The molecular weight excluding hydrogens is 180 g/mol. The molecule has 0 spiro atoms. The Hall–Kier alpha value is -1.40. The Balaban J connectivity index is 2.80. The first-order valence-corrected chi connectivity index (χ1v) is 3.52. The summed E-state index contributed by atoms with van der Waals surface area (Å²) in [7, 11) is 0. The molecule has 2 rings (SSSR count). The number of fused-ring (bicyclic) bond motifs is 1. The van der Waals surface area contributed by atoms with Gasteiger partial charge in [0.25, 0.3) is 5.78 Å². The SMILES string of the molecule is NNc1cc(Cl)nc2ncnn12. The number of hydrogen-bond acceptors (Lipinski definition) is 5. The van der Waals surface area contributed by atoms with Gasteiger partial charge in [-0.15, -0.1) is 0 Å². The molecule has 3 N–H and O–H groups in total. The predicted molar refractivity (Wildman–Crippen MR) is 43.6 cm³/mol. The van der Waals surface area contributed by atoms with Gasteiger partial charge in [-0.2, -0.15) is 19.6 Å². The van der Waals surface area contributed by atoms with Gasteiger partial charge in [-0.1, -0.05) is 11.6 Å². The Bertz CT molecular complexity index is 409. The highest BCUT2D eigenvalue weighted by molar-refractivity contribution is 6.29. The van der Waals surface area contributed by atoms with Crippen LogP contribution in [0.4, 0.5) is 5.82 Å². The number of nitrogens with one attached hydrogen (secondary N) is 1. The van der Waals surface area contributed by atoms with Gasteiger partial charge in [-0.3, -0.25) is 0 Å². The molecule has 0 atom stereocenters. The molecule has 0 saturated heterocycles. The van der Waals surface area contributed by atoms with Crippen molar-refractivity contribution in [2.24, 2.45) is 5.84 Å². The fourth-order valence-corrected chi connectivity index (χ4v) is 1.07. The lowest BCUT2D eigenvalue weighted by atomic mass is 10.6. The molecule has 6 nitrogen and oxygen atoms in total. The van der Waals surface area contributed by atoms with Crippen LogP contribution in [-0.4, -0.2) is 19.6 Å². The third-order valence-corrected chi connectivity index (χ3v) is 1.56. The maximum Gasteiger partial charge on any atom is 0.255 e. The Morgan fingerprint density at radius 3 is 3.17 bits per heavy atom. The zero-order valence-electron chi connectivity index (χ0n) is 5.90. The largest absolute Gasteiger partial charge is 0.308 e. The van der Waals surface area contributed by atoms with Crippen molar-refractivity contribution in [3.05, 3.63) is 17.5 Å². The number of hydrogen-bond donors (Lipinski definition) is 2. The van der Waals surface area contributed by atoms with Crippen molar-refractivity contribution in [3.63, 3.8) is 0 Å². The number of hydrazine groups is 1. The molecule has 0 aliphatic carbocycles. The summed E-state index contributed by atoms with van der Waals surface area (Å²) < 4.78 is 1.45. The summed E-state index contributed by atoms with van der Waals surface area (Å²) in [4.78, 5) is 7.75. The number of nitrogens with two attached hydrogens (primary N) is 1. The maximum atomic E-state index is 5.67. The van der Waals surface area contributed by atoms with Crippen molar-refractivity contribution < 1.29 is 0 Å². The fourth-order valence-electron chi connectivity index (χ4n) is 0.886. The summed E-state index contributed by atoms with van der Waals surface area (Å²) in [5.41, 5.74) is 2.43. The van der Waals surface area contributed by atoms with Gasteiger partial charge in [-0.05, 0) is 0 Å². The minimum absolute atomic E-state index is 0.323. The van der Waals surface area contributed by atoms with Gasteiger partial charge in [0, 0.05) is 6.07 Å². The second kappa shape index (κ2) is 2.58. The van der Waals surface area contributed by atoms with E-state index >= 15 is 0 Å². The van der Waals surface area contributed by atoms with Crippen molar-refractivity contribution in [3.8, 4) is 0 Å². The average Bonchev–Trinajstić information content (AvgIpc) is 2.50. The van der Waals surface area contributed by atoms with Gasteiger partial charge in [0.1, 0.15) is 17.3 Å². The lowest BCUT2D eigenvalue weighted by Gasteiger charge is -2.01. The van der Waals surface area contributed by atoms with E-state index in [9.17, 15) is 0 Å². The lowest BCUT2D eigenvalue weighted by molar-refractivity contribution is 0.936. The summed E-state index contributed by atoms with van der Waals surface area (Å²) in [6.07, 6.45) is 1.37. The van der Waals surface area contributed by atoms with Crippen LogP contribution in [0.15, 0.2) is 12.4 Å². The zero-order chi connectivity index (χ0) is 8.55. The van der Waals surface area contributed by atoms with Crippen molar-refractivity contribution in [2.45, 2.75) is 0 Å². The number of halogens is 1. The van der Waals surface area contributed by atoms with Crippen molar-refractivity contribution in [2.75, 3.05) is 5.43 Å². The van der Waals surface area contributed by atoms with E-state index in [2.05, 4.69) is 20.5 Å². The summed E-state index contributed by atoms with van der Waals surface area (Å²) in [5, 5.41) is 4.20. The van der Waals surface area contributed by atoms with Crippen molar-refractivity contribution in [1.82, 2.24) is 19.6 Å². The molecule has 0 aliphatic heterocycles. The Kier molecular flexibility index (Phi) is 1.56. The van der Waals surface area contributed by atoms with Crippen LogP contribution in [-0.2, 0) is 0 Å². The van der Waals surface area contributed by atoms with Gasteiger partial charge in [-0.25, -0.2) is 5.84 Å². The Morgan fingerprint density at radius 2 is 2.42 bits per heavy atom. The topological polar surface area (TPSA) is 81.1 Å². The average molecular weight is 185 g/mol. The van der Waals surface area contributed by atoms with E-state index < -0.39 is 0 Å². The lowest BCUT2D eigenvalue weighted by Crippen LogP contribution is -2.11. The number of anilines is 1. The zero-order valence-corrected chi connectivity index (χ0v) is 6.65. The first-order chi connectivity index (χ1) is 5.81. The van der Waals surface area contributed by atoms with E-state index in [0.29, 0.717) is 16.7 Å². The van der Waals surface area contributed by atoms with Crippen molar-refractivity contribution >= 4 is 23.2 Å². The first-order valence-electron chi connectivity index (χ1n) is 3.14. The summed E-state index contributed by atoms with van der Waals surface area (Å²) in [5.74, 6) is 6.18. The van der Waals surface area contributed by atoms with Crippen LogP contribution in [0.1, 0.15) is 0 Å². The third-order valence-electron chi connectivity index (χ3n) is 1.37. The van der Waals surface area contributed by atoms with Crippen LogP contribution >= 0.6 is 11.6 Å². The molecule has 12 heavy (non-hydrogen) atoms. The van der Waals surface area contributed by atoms with E-state index in [1.54, 1.807) is 6.07 Å². The van der Waals surface area contributed by atoms with Crippen LogP contribution < -0.4 is 11.3 Å². The van der Waals surface area contributed by atoms with Gasteiger partial charge >= 0.3 is 0 Å². The number of aromatic nitrogens is 4. The van der Waals surface area contributed by atoms with E-state index in [-0.39, 0.29) is 0 Å². The van der Waals surface area contributed by atoms with E-state index in [0.717, 1.165) is 0 Å². The van der Waals surface area contributed by atoms with Gasteiger partial charge in [0.2, 0.25) is 0 Å². The smallest absolute Gasteiger partial charge is 0.255 e. The maximum absolute atomic E-state index is 5.67. The molecule has 0 radical (unpaired) electrons. The second-order valence-corrected chi connectivity index (χ2v) is 2.47. The molecule has 2 aromatic rings. The van der Waals surface area contributed by atoms with Crippen LogP contribution in [0.3, 0.4) is 0 Å². The Labute approximate surface area is 72.3 Å². The van der Waals surface area contributed by atoms with Gasteiger partial charge in [0.15, 0.2) is 0 Å². The van der Waals surface area contributed by atoms with Crippen LogP contribution in [0.25, 0.3) is 5.78 Å². The van der Waals surface area contributed by atoms with E-state index in [4.69, 9.17) is 17.4 Å². The summed E-state index contributed by atoms with van der Waals surface area (Å²) in [6, 6.07) is 1.56. The third kappa shape index (κ3) is 0.973. The standard InChI is InChI=1S/C5H5ClN6/c6-3-1-4(11-7)12-5(10-3)8-2-9-12/h1-2,11H,7H2. The molecule has 0 saturated carbocycles. The highest BCUT2D eigenvalue weighted by Gasteiger charge is 2.03. The summed E-state index contributed by atoms with van der Waals surface area (Å²) >= 11 is 5.67. The number of rotatable bonds is 1. The minimum atomic E-state index is 0.323. The highest BCUT2D eigenvalue weighted by atomic mass is 35.5. The van der Waals surface area contributed by atoms with Gasteiger partial charge in [0.05, 0.1) is 0 Å².